The number of carboxylic acid groups (broad SMARTS) is 1. The van der Waals surface area contributed by atoms with Crippen LogP contribution in [0.1, 0.15) is 34.3 Å². The Morgan fingerprint density at radius 1 is 1.50 bits per heavy atom. The molecule has 0 radical (unpaired) electrons. The van der Waals surface area contributed by atoms with E-state index in [1.807, 2.05) is 11.4 Å². The topological polar surface area (TPSA) is 59.4 Å². The van der Waals surface area contributed by atoms with E-state index >= 15 is 0 Å². The third kappa shape index (κ3) is 2.59. The van der Waals surface area contributed by atoms with Crippen LogP contribution in [0.5, 0.6) is 0 Å². The molecule has 1 heterocycles. The Bertz CT molecular complexity index is 634. The minimum Gasteiger partial charge on any atom is -0.478 e. The van der Waals surface area contributed by atoms with Gasteiger partial charge in [-0.25, -0.2) is 9.78 Å². The van der Waals surface area contributed by atoms with Crippen LogP contribution in [0.25, 0.3) is 11.3 Å². The molecule has 1 fully saturated rings. The summed E-state index contributed by atoms with van der Waals surface area (Å²) in [5, 5.41) is 12.0. The van der Waals surface area contributed by atoms with Gasteiger partial charge in [0.2, 0.25) is 0 Å². The largest absolute Gasteiger partial charge is 0.478 e. The van der Waals surface area contributed by atoms with Gasteiger partial charge >= 0.3 is 5.97 Å². The Labute approximate surface area is 121 Å². The molecule has 1 unspecified atom stereocenters. The second-order valence-corrected chi connectivity index (χ2v) is 5.84. The summed E-state index contributed by atoms with van der Waals surface area (Å²) in [6.07, 6.45) is 2.47. The van der Waals surface area contributed by atoms with Gasteiger partial charge in [0.1, 0.15) is 11.1 Å². The van der Waals surface area contributed by atoms with Gasteiger partial charge in [0.15, 0.2) is 0 Å². The highest BCUT2D eigenvalue weighted by molar-refractivity contribution is 7.10. The summed E-state index contributed by atoms with van der Waals surface area (Å²) in [7, 11) is 1.72. The second kappa shape index (κ2) is 5.34. The van der Waals surface area contributed by atoms with Crippen LogP contribution in [-0.4, -0.2) is 23.2 Å². The molecule has 0 amide bonds. The SMILES string of the molecule is COC(c1nc(-c2cccc(C(=O)O)c2)cs1)C1CC1. The zero-order valence-electron chi connectivity index (χ0n) is 11.1. The number of methoxy groups -OCH3 is 1. The van der Waals surface area contributed by atoms with Crippen molar-refractivity contribution in [2.75, 3.05) is 7.11 Å². The van der Waals surface area contributed by atoms with Crippen LogP contribution in [0.2, 0.25) is 0 Å². The minimum atomic E-state index is -0.921. The molecular formula is C15H15NO3S. The average Bonchev–Trinajstić information content (AvgIpc) is 3.17. The van der Waals surface area contributed by atoms with Crippen LogP contribution < -0.4 is 0 Å². The summed E-state index contributed by atoms with van der Waals surface area (Å²) in [5.41, 5.74) is 1.93. The van der Waals surface area contributed by atoms with Crippen molar-refractivity contribution in [2.24, 2.45) is 5.92 Å². The van der Waals surface area contributed by atoms with E-state index in [1.165, 1.54) is 12.8 Å². The van der Waals surface area contributed by atoms with Gasteiger partial charge in [-0.3, -0.25) is 0 Å². The number of carbonyl (C=O) groups is 1. The molecule has 0 aliphatic heterocycles. The fourth-order valence-corrected chi connectivity index (χ4v) is 3.25. The van der Waals surface area contributed by atoms with Gasteiger partial charge in [-0.05, 0) is 30.9 Å². The summed E-state index contributed by atoms with van der Waals surface area (Å²) in [6.45, 7) is 0. The maximum atomic E-state index is 11.0. The van der Waals surface area contributed by atoms with Crippen LogP contribution >= 0.6 is 11.3 Å². The molecule has 1 N–H and O–H groups in total. The first-order chi connectivity index (χ1) is 9.69. The summed E-state index contributed by atoms with van der Waals surface area (Å²) < 4.78 is 5.53. The molecule has 1 aromatic heterocycles. The maximum Gasteiger partial charge on any atom is 0.335 e. The molecule has 104 valence electrons. The molecule has 0 spiro atoms. The first-order valence-corrected chi connectivity index (χ1v) is 7.39. The highest BCUT2D eigenvalue weighted by atomic mass is 32.1. The predicted octanol–water partition coefficient (Wildman–Crippen LogP) is 3.61. The Morgan fingerprint density at radius 3 is 2.95 bits per heavy atom. The number of benzene rings is 1. The summed E-state index contributed by atoms with van der Waals surface area (Å²) in [4.78, 5) is 15.6. The third-order valence-electron chi connectivity index (χ3n) is 3.47. The number of hydrogen-bond donors (Lipinski definition) is 1. The summed E-state index contributed by atoms with van der Waals surface area (Å²) in [6, 6.07) is 6.86. The zero-order valence-corrected chi connectivity index (χ0v) is 11.9. The molecule has 1 aliphatic carbocycles. The lowest BCUT2D eigenvalue weighted by Crippen LogP contribution is -2.03. The number of rotatable bonds is 5. The van der Waals surface area contributed by atoms with Crippen LogP contribution in [0.15, 0.2) is 29.6 Å². The van der Waals surface area contributed by atoms with E-state index in [0.29, 0.717) is 5.92 Å². The number of carboxylic acids is 1. The number of hydrogen-bond acceptors (Lipinski definition) is 4. The summed E-state index contributed by atoms with van der Waals surface area (Å²) >= 11 is 1.58. The molecule has 2 aromatic rings. The highest BCUT2D eigenvalue weighted by Crippen LogP contribution is 2.44. The summed E-state index contributed by atoms with van der Waals surface area (Å²) in [5.74, 6) is -0.334. The van der Waals surface area contributed by atoms with Crippen molar-refractivity contribution in [1.82, 2.24) is 4.98 Å². The monoisotopic (exact) mass is 289 g/mol. The first-order valence-electron chi connectivity index (χ1n) is 6.51. The van der Waals surface area contributed by atoms with Crippen molar-refractivity contribution in [3.63, 3.8) is 0 Å². The molecule has 1 aromatic carbocycles. The molecular weight excluding hydrogens is 274 g/mol. The van der Waals surface area contributed by atoms with E-state index < -0.39 is 5.97 Å². The minimum absolute atomic E-state index is 0.0800. The smallest absolute Gasteiger partial charge is 0.335 e. The number of nitrogens with zero attached hydrogens (tertiary/aromatic N) is 1. The van der Waals surface area contributed by atoms with Gasteiger partial charge in [0, 0.05) is 18.1 Å². The lowest BCUT2D eigenvalue weighted by molar-refractivity contribution is 0.0697. The van der Waals surface area contributed by atoms with Gasteiger partial charge in [0.05, 0.1) is 11.3 Å². The standard InChI is InChI=1S/C15H15NO3S/c1-19-13(9-5-6-9)14-16-12(8-20-14)10-3-2-4-11(7-10)15(17)18/h2-4,7-9,13H,5-6H2,1H3,(H,17,18). The van der Waals surface area contributed by atoms with Gasteiger partial charge in [-0.15, -0.1) is 11.3 Å². The van der Waals surface area contributed by atoms with Crippen molar-refractivity contribution < 1.29 is 14.6 Å². The van der Waals surface area contributed by atoms with E-state index in [0.717, 1.165) is 16.3 Å². The van der Waals surface area contributed by atoms with Gasteiger partial charge in [0.25, 0.3) is 0 Å². The number of ether oxygens (including phenoxy) is 1. The predicted molar refractivity (Wildman–Crippen MR) is 77.0 cm³/mol. The third-order valence-corrected chi connectivity index (χ3v) is 4.38. The Hall–Kier alpha value is -1.72. The normalized spacial score (nSPS) is 16.1. The molecule has 20 heavy (non-hydrogen) atoms. The van der Waals surface area contributed by atoms with E-state index in [1.54, 1.807) is 36.6 Å². The lowest BCUT2D eigenvalue weighted by atomic mass is 10.1. The van der Waals surface area contributed by atoms with Crippen molar-refractivity contribution >= 4 is 17.3 Å². The van der Waals surface area contributed by atoms with E-state index in [9.17, 15) is 4.79 Å². The Balaban J connectivity index is 1.89. The van der Waals surface area contributed by atoms with Crippen LogP contribution in [-0.2, 0) is 4.74 Å². The molecule has 5 heteroatoms. The Morgan fingerprint density at radius 2 is 2.30 bits per heavy atom. The second-order valence-electron chi connectivity index (χ2n) is 4.95. The molecule has 1 aliphatic rings. The van der Waals surface area contributed by atoms with Gasteiger partial charge in [-0.2, -0.15) is 0 Å². The van der Waals surface area contributed by atoms with Crippen molar-refractivity contribution in [2.45, 2.75) is 18.9 Å². The van der Waals surface area contributed by atoms with E-state index in [2.05, 4.69) is 4.98 Å². The van der Waals surface area contributed by atoms with Gasteiger partial charge in [-0.1, -0.05) is 12.1 Å². The molecule has 1 atom stereocenters. The van der Waals surface area contributed by atoms with E-state index in [4.69, 9.17) is 9.84 Å². The Kier molecular flexibility index (Phi) is 3.54. The fraction of sp³-hybridized carbons (Fsp3) is 0.333. The lowest BCUT2D eigenvalue weighted by Gasteiger charge is -2.10. The number of thiazole rings is 1. The van der Waals surface area contributed by atoms with Crippen molar-refractivity contribution in [1.29, 1.82) is 0 Å². The maximum absolute atomic E-state index is 11.0. The van der Waals surface area contributed by atoms with Crippen molar-refractivity contribution in [3.8, 4) is 11.3 Å². The molecule has 0 saturated heterocycles. The quantitative estimate of drug-likeness (QED) is 0.913. The highest BCUT2D eigenvalue weighted by Gasteiger charge is 2.34. The average molecular weight is 289 g/mol. The fourth-order valence-electron chi connectivity index (χ4n) is 2.26. The zero-order chi connectivity index (χ0) is 14.1. The molecule has 1 saturated carbocycles. The van der Waals surface area contributed by atoms with E-state index in [-0.39, 0.29) is 11.7 Å². The van der Waals surface area contributed by atoms with Gasteiger partial charge < -0.3 is 9.84 Å². The molecule has 0 bridgehead atoms. The first kappa shape index (κ1) is 13.3. The van der Waals surface area contributed by atoms with Crippen molar-refractivity contribution in [3.05, 3.63) is 40.2 Å². The molecule has 4 nitrogen and oxygen atoms in total. The molecule has 3 rings (SSSR count). The van der Waals surface area contributed by atoms with Crippen LogP contribution in [0.3, 0.4) is 0 Å². The van der Waals surface area contributed by atoms with Crippen LogP contribution in [0, 0.1) is 5.92 Å². The number of aromatic carboxylic acids is 1. The number of aromatic nitrogens is 1. The van der Waals surface area contributed by atoms with Crippen LogP contribution in [0.4, 0.5) is 0 Å².